The Morgan fingerprint density at radius 1 is 1.15 bits per heavy atom. The van der Waals surface area contributed by atoms with E-state index in [1.165, 1.54) is 17.7 Å². The molecule has 0 saturated heterocycles. The van der Waals surface area contributed by atoms with E-state index < -0.39 is 4.92 Å². The first kappa shape index (κ1) is 17.7. The predicted octanol–water partition coefficient (Wildman–Crippen LogP) is 4.37. The quantitative estimate of drug-likeness (QED) is 0.490. The van der Waals surface area contributed by atoms with Gasteiger partial charge in [-0.25, -0.2) is 15.0 Å². The van der Waals surface area contributed by atoms with Gasteiger partial charge in [0.05, 0.1) is 16.7 Å². The summed E-state index contributed by atoms with van der Waals surface area (Å²) in [6.45, 7) is 5.75. The SMILES string of the molecule is Cc1nc(Nc2ncnc(NC(C)c3ccccc3)c2[N+](=O)[O-])sc1C. The summed E-state index contributed by atoms with van der Waals surface area (Å²) >= 11 is 1.42. The third-order valence-electron chi connectivity index (χ3n) is 3.91. The van der Waals surface area contributed by atoms with Crippen LogP contribution in [0.1, 0.15) is 29.1 Å². The number of nitrogens with zero attached hydrogens (tertiary/aromatic N) is 4. The van der Waals surface area contributed by atoms with Crippen molar-refractivity contribution in [3.63, 3.8) is 0 Å². The number of anilines is 3. The van der Waals surface area contributed by atoms with Crippen LogP contribution in [0.4, 0.5) is 22.5 Å². The molecular formula is C17H18N6O2S. The second kappa shape index (κ2) is 7.44. The van der Waals surface area contributed by atoms with Crippen LogP contribution in [0.15, 0.2) is 36.7 Å². The molecule has 2 aromatic heterocycles. The highest BCUT2D eigenvalue weighted by molar-refractivity contribution is 7.15. The Hall–Kier alpha value is -3.07. The number of hydrogen-bond acceptors (Lipinski definition) is 8. The molecule has 26 heavy (non-hydrogen) atoms. The molecule has 0 fully saturated rings. The minimum absolute atomic E-state index is 0.113. The normalized spacial score (nSPS) is 11.8. The van der Waals surface area contributed by atoms with Gasteiger partial charge in [-0.15, -0.1) is 11.3 Å². The summed E-state index contributed by atoms with van der Waals surface area (Å²) in [5.41, 5.74) is 1.67. The van der Waals surface area contributed by atoms with Crippen LogP contribution in [-0.2, 0) is 0 Å². The Balaban J connectivity index is 1.92. The zero-order chi connectivity index (χ0) is 18.7. The Bertz CT molecular complexity index is 909. The molecule has 1 atom stereocenters. The van der Waals surface area contributed by atoms with Crippen molar-refractivity contribution in [3.05, 3.63) is 62.9 Å². The van der Waals surface area contributed by atoms with E-state index in [2.05, 4.69) is 25.6 Å². The van der Waals surface area contributed by atoms with Crippen LogP contribution in [0.2, 0.25) is 0 Å². The summed E-state index contributed by atoms with van der Waals surface area (Å²) in [6, 6.07) is 9.51. The first-order valence-electron chi connectivity index (χ1n) is 7.97. The molecule has 8 nitrogen and oxygen atoms in total. The summed E-state index contributed by atoms with van der Waals surface area (Å²) in [6.07, 6.45) is 1.29. The fourth-order valence-electron chi connectivity index (χ4n) is 2.41. The van der Waals surface area contributed by atoms with Gasteiger partial charge in [0.25, 0.3) is 0 Å². The van der Waals surface area contributed by atoms with Gasteiger partial charge in [0.2, 0.25) is 11.6 Å². The zero-order valence-corrected chi connectivity index (χ0v) is 15.4. The molecule has 9 heteroatoms. The topological polar surface area (TPSA) is 106 Å². The van der Waals surface area contributed by atoms with Crippen molar-refractivity contribution in [1.29, 1.82) is 0 Å². The second-order valence-corrected chi connectivity index (χ2v) is 6.94. The van der Waals surface area contributed by atoms with Crippen LogP contribution in [0, 0.1) is 24.0 Å². The molecular weight excluding hydrogens is 352 g/mol. The second-order valence-electron chi connectivity index (χ2n) is 5.74. The standard InChI is InChI=1S/C17H18N6O2S/c1-10-12(3)26-17(21-10)22-16-14(23(24)25)15(18-9-19-16)20-11(2)13-7-5-4-6-8-13/h4-9,11H,1-3H3,(H2,18,19,20,21,22). The number of thiazole rings is 1. The maximum Gasteiger partial charge on any atom is 0.353 e. The van der Waals surface area contributed by atoms with E-state index >= 15 is 0 Å². The van der Waals surface area contributed by atoms with Crippen molar-refractivity contribution in [2.75, 3.05) is 10.6 Å². The largest absolute Gasteiger partial charge is 0.358 e. The summed E-state index contributed by atoms with van der Waals surface area (Å²) in [5, 5.41) is 18.3. The molecule has 2 heterocycles. The molecule has 3 rings (SSSR count). The lowest BCUT2D eigenvalue weighted by molar-refractivity contribution is -0.383. The maximum atomic E-state index is 11.7. The van der Waals surface area contributed by atoms with Gasteiger partial charge in [-0.2, -0.15) is 0 Å². The highest BCUT2D eigenvalue weighted by atomic mass is 32.1. The van der Waals surface area contributed by atoms with Crippen LogP contribution in [-0.4, -0.2) is 19.9 Å². The van der Waals surface area contributed by atoms with Crippen LogP contribution in [0.3, 0.4) is 0 Å². The molecule has 1 unspecified atom stereocenters. The molecule has 0 bridgehead atoms. The van der Waals surface area contributed by atoms with Crippen LogP contribution >= 0.6 is 11.3 Å². The molecule has 0 aliphatic heterocycles. The number of hydrogen-bond donors (Lipinski definition) is 2. The van der Waals surface area contributed by atoms with Crippen molar-refractivity contribution in [2.45, 2.75) is 26.8 Å². The minimum atomic E-state index is -0.490. The number of aromatic nitrogens is 3. The number of rotatable bonds is 6. The van der Waals surface area contributed by atoms with Crippen molar-refractivity contribution < 1.29 is 4.92 Å². The maximum absolute atomic E-state index is 11.7. The summed E-state index contributed by atoms with van der Waals surface area (Å²) in [4.78, 5) is 24.7. The monoisotopic (exact) mass is 370 g/mol. The van der Waals surface area contributed by atoms with Gasteiger partial charge in [0.1, 0.15) is 6.33 Å². The van der Waals surface area contributed by atoms with Crippen LogP contribution in [0.25, 0.3) is 0 Å². The molecule has 1 aromatic carbocycles. The Labute approximate surface area is 154 Å². The van der Waals surface area contributed by atoms with Gasteiger partial charge < -0.3 is 10.6 Å². The van der Waals surface area contributed by atoms with Crippen LogP contribution < -0.4 is 10.6 Å². The third kappa shape index (κ3) is 3.77. The molecule has 0 aliphatic rings. The van der Waals surface area contributed by atoms with E-state index in [0.717, 1.165) is 16.1 Å². The Morgan fingerprint density at radius 2 is 1.85 bits per heavy atom. The van der Waals surface area contributed by atoms with Crippen LogP contribution in [0.5, 0.6) is 0 Å². The molecule has 0 aliphatic carbocycles. The number of nitrogens with one attached hydrogen (secondary N) is 2. The first-order valence-corrected chi connectivity index (χ1v) is 8.79. The summed E-state index contributed by atoms with van der Waals surface area (Å²) in [5.74, 6) is 0.273. The molecule has 134 valence electrons. The van der Waals surface area contributed by atoms with Crippen molar-refractivity contribution in [2.24, 2.45) is 0 Å². The average Bonchev–Trinajstić information content (AvgIpc) is 2.93. The van der Waals surface area contributed by atoms with E-state index in [-0.39, 0.29) is 23.4 Å². The number of nitro groups is 1. The van der Waals surface area contributed by atoms with Gasteiger partial charge in [-0.1, -0.05) is 30.3 Å². The molecule has 0 spiro atoms. The molecule has 2 N–H and O–H groups in total. The molecule has 0 saturated carbocycles. The van der Waals surface area contributed by atoms with E-state index in [4.69, 9.17) is 0 Å². The highest BCUT2D eigenvalue weighted by Crippen LogP contribution is 2.34. The average molecular weight is 370 g/mol. The third-order valence-corrected chi connectivity index (χ3v) is 4.90. The Kier molecular flexibility index (Phi) is 5.08. The van der Waals surface area contributed by atoms with Crippen molar-refractivity contribution >= 4 is 33.8 Å². The fourth-order valence-corrected chi connectivity index (χ4v) is 3.22. The fraction of sp³-hybridized carbons (Fsp3) is 0.235. The zero-order valence-electron chi connectivity index (χ0n) is 14.6. The lowest BCUT2D eigenvalue weighted by Crippen LogP contribution is -2.11. The summed E-state index contributed by atoms with van der Waals surface area (Å²) < 4.78 is 0. The van der Waals surface area contributed by atoms with Gasteiger partial charge >= 0.3 is 5.69 Å². The van der Waals surface area contributed by atoms with Gasteiger partial charge in [0, 0.05) is 4.88 Å². The van der Waals surface area contributed by atoms with Crippen molar-refractivity contribution in [3.8, 4) is 0 Å². The molecule has 0 amide bonds. The van der Waals surface area contributed by atoms with E-state index in [0.29, 0.717) is 5.13 Å². The van der Waals surface area contributed by atoms with Gasteiger partial charge in [0.15, 0.2) is 5.13 Å². The smallest absolute Gasteiger partial charge is 0.353 e. The lowest BCUT2D eigenvalue weighted by atomic mass is 10.1. The first-order chi connectivity index (χ1) is 12.5. The predicted molar refractivity (Wildman–Crippen MR) is 102 cm³/mol. The lowest BCUT2D eigenvalue weighted by Gasteiger charge is -2.15. The molecule has 3 aromatic rings. The van der Waals surface area contributed by atoms with E-state index in [9.17, 15) is 10.1 Å². The minimum Gasteiger partial charge on any atom is -0.358 e. The molecule has 0 radical (unpaired) electrons. The number of benzene rings is 1. The Morgan fingerprint density at radius 3 is 2.46 bits per heavy atom. The highest BCUT2D eigenvalue weighted by Gasteiger charge is 2.25. The van der Waals surface area contributed by atoms with E-state index in [1.54, 1.807) is 0 Å². The van der Waals surface area contributed by atoms with Crippen molar-refractivity contribution in [1.82, 2.24) is 15.0 Å². The summed E-state index contributed by atoms with van der Waals surface area (Å²) in [7, 11) is 0. The van der Waals surface area contributed by atoms with Gasteiger partial charge in [-0.05, 0) is 26.3 Å². The van der Waals surface area contributed by atoms with E-state index in [1.807, 2.05) is 51.1 Å². The van der Waals surface area contributed by atoms with Gasteiger partial charge in [-0.3, -0.25) is 10.1 Å². The number of aryl methyl sites for hydroxylation is 2.